The van der Waals surface area contributed by atoms with Crippen molar-refractivity contribution in [1.29, 1.82) is 0 Å². The second-order valence-electron chi connectivity index (χ2n) is 3.81. The van der Waals surface area contributed by atoms with E-state index in [0.29, 0.717) is 0 Å². The van der Waals surface area contributed by atoms with Crippen LogP contribution >= 0.6 is 0 Å². The molecule has 1 aromatic carbocycles. The van der Waals surface area contributed by atoms with Gasteiger partial charge in [-0.3, -0.25) is 9.69 Å². The van der Waals surface area contributed by atoms with Crippen molar-refractivity contribution in [2.45, 2.75) is 20.0 Å². The summed E-state index contributed by atoms with van der Waals surface area (Å²) in [6.45, 7) is 3.72. The van der Waals surface area contributed by atoms with Gasteiger partial charge in [0.2, 0.25) is 0 Å². The normalized spacial score (nSPS) is 15.5. The van der Waals surface area contributed by atoms with E-state index in [1.165, 1.54) is 16.7 Å². The molecule has 1 heterocycles. The minimum Gasteiger partial charge on any atom is -0.480 e. The van der Waals surface area contributed by atoms with Crippen LogP contribution in [0.5, 0.6) is 0 Å². The number of carboxylic acids is 1. The van der Waals surface area contributed by atoms with E-state index in [4.69, 9.17) is 5.11 Å². The Kier molecular flexibility index (Phi) is 2.25. The third-order valence-corrected chi connectivity index (χ3v) is 2.51. The average Bonchev–Trinajstić information content (AvgIpc) is 2.44. The maximum atomic E-state index is 10.5. The number of benzene rings is 1. The standard InChI is InChI=1S/C11H13NO2/c1-8-2-3-9-5-12(7-11(13)14)6-10(9)4-8/h2-4H,5-7H2,1H3,(H,13,14). The van der Waals surface area contributed by atoms with Gasteiger partial charge in [0.05, 0.1) is 6.54 Å². The molecule has 0 saturated heterocycles. The number of aliphatic carboxylic acids is 1. The quantitative estimate of drug-likeness (QED) is 0.768. The van der Waals surface area contributed by atoms with Crippen LogP contribution < -0.4 is 0 Å². The summed E-state index contributed by atoms with van der Waals surface area (Å²) in [6, 6.07) is 6.30. The number of rotatable bonds is 2. The van der Waals surface area contributed by atoms with Crippen LogP contribution in [0.4, 0.5) is 0 Å². The SMILES string of the molecule is Cc1ccc2c(c1)CN(CC(=O)O)C2. The van der Waals surface area contributed by atoms with Gasteiger partial charge >= 0.3 is 5.97 Å². The Bertz CT molecular complexity index is 374. The fourth-order valence-corrected chi connectivity index (χ4v) is 1.90. The molecule has 0 spiro atoms. The molecule has 0 fully saturated rings. The van der Waals surface area contributed by atoms with Crippen molar-refractivity contribution in [1.82, 2.24) is 4.90 Å². The van der Waals surface area contributed by atoms with Crippen LogP contribution in [0, 0.1) is 6.92 Å². The van der Waals surface area contributed by atoms with E-state index in [0.717, 1.165) is 13.1 Å². The first-order valence-electron chi connectivity index (χ1n) is 4.68. The number of hydrogen-bond donors (Lipinski definition) is 1. The number of nitrogens with zero attached hydrogens (tertiary/aromatic N) is 1. The summed E-state index contributed by atoms with van der Waals surface area (Å²) < 4.78 is 0. The Hall–Kier alpha value is -1.35. The Labute approximate surface area is 83.0 Å². The van der Waals surface area contributed by atoms with Crippen LogP contribution in [0.3, 0.4) is 0 Å². The number of fused-ring (bicyclic) bond motifs is 1. The molecular weight excluding hydrogens is 178 g/mol. The molecule has 0 aliphatic carbocycles. The van der Waals surface area contributed by atoms with Gasteiger partial charge in [-0.25, -0.2) is 0 Å². The van der Waals surface area contributed by atoms with Gasteiger partial charge in [-0.2, -0.15) is 0 Å². The molecule has 0 aromatic heterocycles. The number of carboxylic acid groups (broad SMARTS) is 1. The average molecular weight is 191 g/mol. The van der Waals surface area contributed by atoms with Gasteiger partial charge in [-0.05, 0) is 18.1 Å². The molecule has 3 nitrogen and oxygen atoms in total. The highest BCUT2D eigenvalue weighted by Crippen LogP contribution is 2.22. The lowest BCUT2D eigenvalue weighted by Gasteiger charge is -2.10. The molecule has 14 heavy (non-hydrogen) atoms. The Balaban J connectivity index is 2.14. The van der Waals surface area contributed by atoms with E-state index in [1.54, 1.807) is 0 Å². The third-order valence-electron chi connectivity index (χ3n) is 2.51. The Morgan fingerprint density at radius 2 is 2.14 bits per heavy atom. The smallest absolute Gasteiger partial charge is 0.317 e. The predicted molar refractivity (Wildman–Crippen MR) is 52.9 cm³/mol. The molecule has 1 N–H and O–H groups in total. The van der Waals surface area contributed by atoms with Crippen LogP contribution in [-0.2, 0) is 17.9 Å². The van der Waals surface area contributed by atoms with Crippen molar-refractivity contribution in [2.75, 3.05) is 6.54 Å². The molecule has 0 amide bonds. The summed E-state index contributed by atoms with van der Waals surface area (Å²) in [6.07, 6.45) is 0. The van der Waals surface area contributed by atoms with Crippen LogP contribution in [0.25, 0.3) is 0 Å². The second kappa shape index (κ2) is 3.42. The first kappa shape index (κ1) is 9.21. The van der Waals surface area contributed by atoms with Crippen LogP contribution in [0.15, 0.2) is 18.2 Å². The van der Waals surface area contributed by atoms with Crippen LogP contribution in [-0.4, -0.2) is 22.5 Å². The maximum Gasteiger partial charge on any atom is 0.317 e. The number of aryl methyl sites for hydroxylation is 1. The van der Waals surface area contributed by atoms with Gasteiger partial charge in [0.25, 0.3) is 0 Å². The monoisotopic (exact) mass is 191 g/mol. The molecular formula is C11H13NO2. The minimum absolute atomic E-state index is 0.133. The first-order valence-corrected chi connectivity index (χ1v) is 4.68. The third kappa shape index (κ3) is 1.77. The van der Waals surface area contributed by atoms with E-state index in [-0.39, 0.29) is 6.54 Å². The molecule has 1 aliphatic heterocycles. The van der Waals surface area contributed by atoms with Crippen molar-refractivity contribution < 1.29 is 9.90 Å². The van der Waals surface area contributed by atoms with Crippen molar-refractivity contribution in [3.05, 3.63) is 34.9 Å². The summed E-state index contributed by atoms with van der Waals surface area (Å²) in [5, 5.41) is 8.67. The van der Waals surface area contributed by atoms with Crippen molar-refractivity contribution >= 4 is 5.97 Å². The number of hydrogen-bond acceptors (Lipinski definition) is 2. The van der Waals surface area contributed by atoms with Gasteiger partial charge in [-0.15, -0.1) is 0 Å². The largest absolute Gasteiger partial charge is 0.480 e. The molecule has 74 valence electrons. The molecule has 1 aliphatic rings. The summed E-state index contributed by atoms with van der Waals surface area (Å²) in [5.41, 5.74) is 3.77. The second-order valence-corrected chi connectivity index (χ2v) is 3.81. The lowest BCUT2D eigenvalue weighted by atomic mass is 10.1. The molecule has 2 rings (SSSR count). The summed E-state index contributed by atoms with van der Waals surface area (Å²) >= 11 is 0. The highest BCUT2D eigenvalue weighted by atomic mass is 16.4. The lowest BCUT2D eigenvalue weighted by Crippen LogP contribution is -2.24. The van der Waals surface area contributed by atoms with Crippen molar-refractivity contribution in [3.8, 4) is 0 Å². The summed E-state index contributed by atoms with van der Waals surface area (Å²) in [5.74, 6) is -0.755. The molecule has 0 unspecified atom stereocenters. The van der Waals surface area contributed by atoms with Gasteiger partial charge in [-0.1, -0.05) is 23.8 Å². The Morgan fingerprint density at radius 1 is 1.43 bits per heavy atom. The van der Waals surface area contributed by atoms with Gasteiger partial charge in [0.15, 0.2) is 0 Å². The maximum absolute atomic E-state index is 10.5. The summed E-state index contributed by atoms with van der Waals surface area (Å²) in [4.78, 5) is 12.5. The first-order chi connectivity index (χ1) is 6.65. The highest BCUT2D eigenvalue weighted by molar-refractivity contribution is 5.69. The zero-order valence-corrected chi connectivity index (χ0v) is 8.16. The lowest BCUT2D eigenvalue weighted by molar-refractivity contribution is -0.138. The molecule has 1 aromatic rings. The van der Waals surface area contributed by atoms with Crippen LogP contribution in [0.1, 0.15) is 16.7 Å². The zero-order valence-electron chi connectivity index (χ0n) is 8.16. The molecule has 3 heteroatoms. The van der Waals surface area contributed by atoms with E-state index < -0.39 is 5.97 Å². The highest BCUT2D eigenvalue weighted by Gasteiger charge is 2.20. The molecule has 0 radical (unpaired) electrons. The van der Waals surface area contributed by atoms with Crippen LogP contribution in [0.2, 0.25) is 0 Å². The molecule has 0 atom stereocenters. The topological polar surface area (TPSA) is 40.5 Å². The predicted octanol–water partition coefficient (Wildman–Crippen LogP) is 1.40. The van der Waals surface area contributed by atoms with Gasteiger partial charge in [0, 0.05) is 13.1 Å². The molecule has 0 saturated carbocycles. The van der Waals surface area contributed by atoms with E-state index in [1.807, 2.05) is 4.90 Å². The van der Waals surface area contributed by atoms with Gasteiger partial charge < -0.3 is 5.11 Å². The Morgan fingerprint density at radius 3 is 2.86 bits per heavy atom. The van der Waals surface area contributed by atoms with Gasteiger partial charge in [0.1, 0.15) is 0 Å². The van der Waals surface area contributed by atoms with E-state index in [2.05, 4.69) is 25.1 Å². The summed E-state index contributed by atoms with van der Waals surface area (Å²) in [7, 11) is 0. The fraction of sp³-hybridized carbons (Fsp3) is 0.364. The van der Waals surface area contributed by atoms with E-state index >= 15 is 0 Å². The van der Waals surface area contributed by atoms with E-state index in [9.17, 15) is 4.79 Å². The minimum atomic E-state index is -0.755. The van der Waals surface area contributed by atoms with Crippen molar-refractivity contribution in [2.24, 2.45) is 0 Å². The zero-order chi connectivity index (χ0) is 10.1. The molecule has 0 bridgehead atoms. The van der Waals surface area contributed by atoms with Crippen molar-refractivity contribution in [3.63, 3.8) is 0 Å². The fourth-order valence-electron chi connectivity index (χ4n) is 1.90. The number of carbonyl (C=O) groups is 1.